The smallest absolute Gasteiger partial charge is 0.295 e. The number of hydrogen-bond donors (Lipinski definition) is 1. The molecule has 10 nitrogen and oxygen atoms in total. The molecule has 2 aliphatic heterocycles. The third kappa shape index (κ3) is 4.89. The highest BCUT2D eigenvalue weighted by atomic mass is 16.6. The van der Waals surface area contributed by atoms with Gasteiger partial charge in [0.25, 0.3) is 17.4 Å². The number of nitro benzene ring substituents is 1. The van der Waals surface area contributed by atoms with Gasteiger partial charge in [0.05, 0.1) is 36.9 Å². The zero-order valence-corrected chi connectivity index (χ0v) is 19.6. The van der Waals surface area contributed by atoms with Crippen LogP contribution in [0.15, 0.2) is 48.0 Å². The predicted molar refractivity (Wildman–Crippen MR) is 127 cm³/mol. The zero-order valence-electron chi connectivity index (χ0n) is 19.6. The van der Waals surface area contributed by atoms with Crippen LogP contribution in [-0.4, -0.2) is 78.0 Å². The molecular weight excluding hydrogens is 454 g/mol. The topological polar surface area (TPSA) is 122 Å². The molecule has 2 aliphatic rings. The highest BCUT2D eigenvalue weighted by Gasteiger charge is 2.46. The number of morpholine rings is 1. The Bertz CT molecular complexity index is 1170. The molecule has 1 amide bonds. The SMILES string of the molecule is COc1ccc(C(O)=C2C(=O)C(=O)N(CCN3CCOCC3)[C@@H]2c2ccc([N+](=O)[O-])cc2)cc1C. The van der Waals surface area contributed by atoms with Gasteiger partial charge in [0.2, 0.25) is 0 Å². The van der Waals surface area contributed by atoms with Gasteiger partial charge < -0.3 is 19.5 Å². The number of ether oxygens (including phenoxy) is 2. The predicted octanol–water partition coefficient (Wildman–Crippen LogP) is 2.67. The lowest BCUT2D eigenvalue weighted by Gasteiger charge is -2.31. The number of aliphatic hydroxyl groups excluding tert-OH is 1. The molecule has 2 aromatic rings. The summed E-state index contributed by atoms with van der Waals surface area (Å²) in [5.41, 5.74) is 1.48. The molecule has 1 N–H and O–H groups in total. The van der Waals surface area contributed by atoms with Gasteiger partial charge in [-0.3, -0.25) is 24.6 Å². The fourth-order valence-corrected chi connectivity index (χ4v) is 4.49. The average Bonchev–Trinajstić information content (AvgIpc) is 3.12. The van der Waals surface area contributed by atoms with Gasteiger partial charge in [-0.15, -0.1) is 0 Å². The summed E-state index contributed by atoms with van der Waals surface area (Å²) in [7, 11) is 1.54. The second-order valence-corrected chi connectivity index (χ2v) is 8.48. The van der Waals surface area contributed by atoms with Gasteiger partial charge >= 0.3 is 0 Å². The number of methoxy groups -OCH3 is 1. The van der Waals surface area contributed by atoms with Gasteiger partial charge in [0, 0.05) is 43.9 Å². The van der Waals surface area contributed by atoms with E-state index in [1.165, 1.54) is 36.3 Å². The van der Waals surface area contributed by atoms with Crippen molar-refractivity contribution in [2.24, 2.45) is 0 Å². The van der Waals surface area contributed by atoms with Crippen LogP contribution in [0.4, 0.5) is 5.69 Å². The van der Waals surface area contributed by atoms with Crippen LogP contribution in [0.2, 0.25) is 0 Å². The van der Waals surface area contributed by atoms with Crippen LogP contribution in [0.5, 0.6) is 5.75 Å². The van der Waals surface area contributed by atoms with Crippen molar-refractivity contribution in [2.75, 3.05) is 46.5 Å². The summed E-state index contributed by atoms with van der Waals surface area (Å²) in [6.45, 7) is 5.23. The molecule has 2 saturated heterocycles. The summed E-state index contributed by atoms with van der Waals surface area (Å²) in [6, 6.07) is 9.80. The van der Waals surface area contributed by atoms with E-state index in [2.05, 4.69) is 4.90 Å². The molecule has 2 aromatic carbocycles. The summed E-state index contributed by atoms with van der Waals surface area (Å²) in [5, 5.41) is 22.3. The van der Waals surface area contributed by atoms with Crippen LogP contribution in [0.1, 0.15) is 22.7 Å². The van der Waals surface area contributed by atoms with Crippen molar-refractivity contribution in [3.05, 3.63) is 74.8 Å². The molecule has 1 atom stereocenters. The molecule has 0 unspecified atom stereocenters. The van der Waals surface area contributed by atoms with Crippen molar-refractivity contribution in [3.63, 3.8) is 0 Å². The maximum Gasteiger partial charge on any atom is 0.295 e. The number of likely N-dealkylation sites (tertiary alicyclic amines) is 1. The lowest BCUT2D eigenvalue weighted by molar-refractivity contribution is -0.384. The van der Waals surface area contributed by atoms with Crippen LogP contribution < -0.4 is 4.74 Å². The number of nitrogens with zero attached hydrogens (tertiary/aromatic N) is 3. The van der Waals surface area contributed by atoms with E-state index in [4.69, 9.17) is 9.47 Å². The van der Waals surface area contributed by atoms with Crippen molar-refractivity contribution in [1.82, 2.24) is 9.80 Å². The lowest BCUT2D eigenvalue weighted by Crippen LogP contribution is -2.42. The van der Waals surface area contributed by atoms with E-state index in [1.54, 1.807) is 18.2 Å². The number of rotatable bonds is 7. The molecule has 0 spiro atoms. The second-order valence-electron chi connectivity index (χ2n) is 8.48. The normalized spacial score (nSPS) is 20.3. The van der Waals surface area contributed by atoms with E-state index in [0.717, 1.165) is 18.7 Å². The Hall–Kier alpha value is -3.76. The van der Waals surface area contributed by atoms with E-state index in [1.807, 2.05) is 6.92 Å². The van der Waals surface area contributed by atoms with Crippen molar-refractivity contribution < 1.29 is 29.1 Å². The molecular formula is C25H27N3O7. The van der Waals surface area contributed by atoms with Crippen molar-refractivity contribution in [3.8, 4) is 5.75 Å². The molecule has 10 heteroatoms. The van der Waals surface area contributed by atoms with Crippen molar-refractivity contribution in [1.29, 1.82) is 0 Å². The van der Waals surface area contributed by atoms with Crippen LogP contribution in [-0.2, 0) is 14.3 Å². The Morgan fingerprint density at radius 2 is 1.83 bits per heavy atom. The van der Waals surface area contributed by atoms with Gasteiger partial charge in [0.15, 0.2) is 0 Å². The molecule has 184 valence electrons. The van der Waals surface area contributed by atoms with Gasteiger partial charge in [-0.1, -0.05) is 0 Å². The fourth-order valence-electron chi connectivity index (χ4n) is 4.49. The Morgan fingerprint density at radius 3 is 2.43 bits per heavy atom. The molecule has 2 heterocycles. The number of nitro groups is 1. The second kappa shape index (κ2) is 10.2. The summed E-state index contributed by atoms with van der Waals surface area (Å²) in [6.07, 6.45) is 0. The zero-order chi connectivity index (χ0) is 25.1. The Kier molecular flexibility index (Phi) is 7.13. The van der Waals surface area contributed by atoms with Crippen molar-refractivity contribution >= 4 is 23.1 Å². The van der Waals surface area contributed by atoms with Gasteiger partial charge in [-0.05, 0) is 48.4 Å². The first-order valence-electron chi connectivity index (χ1n) is 11.3. The summed E-state index contributed by atoms with van der Waals surface area (Å²) < 4.78 is 10.6. The quantitative estimate of drug-likeness (QED) is 0.211. The molecule has 4 rings (SSSR count). The van der Waals surface area contributed by atoms with E-state index < -0.39 is 22.7 Å². The summed E-state index contributed by atoms with van der Waals surface area (Å²) >= 11 is 0. The molecule has 35 heavy (non-hydrogen) atoms. The molecule has 0 bridgehead atoms. The standard InChI is InChI=1S/C25H27N3O7/c1-16-15-18(5-8-20(16)34-2)23(29)21-22(17-3-6-19(7-4-17)28(32)33)27(25(31)24(21)30)10-9-26-11-13-35-14-12-26/h3-8,15,22,29H,9-14H2,1-2H3/t22-/m1/s1. The largest absolute Gasteiger partial charge is 0.507 e. The van der Waals surface area contributed by atoms with E-state index in [9.17, 15) is 24.8 Å². The highest BCUT2D eigenvalue weighted by molar-refractivity contribution is 6.46. The first-order valence-corrected chi connectivity index (χ1v) is 11.3. The third-order valence-corrected chi connectivity index (χ3v) is 6.39. The van der Waals surface area contributed by atoms with Gasteiger partial charge in [-0.25, -0.2) is 0 Å². The minimum absolute atomic E-state index is 0.0459. The Labute approximate surface area is 202 Å². The third-order valence-electron chi connectivity index (χ3n) is 6.39. The Morgan fingerprint density at radius 1 is 1.14 bits per heavy atom. The Balaban J connectivity index is 1.76. The van der Waals surface area contributed by atoms with Crippen molar-refractivity contribution in [2.45, 2.75) is 13.0 Å². The minimum Gasteiger partial charge on any atom is -0.507 e. The average molecular weight is 482 g/mol. The number of Topliss-reactive ketones (excluding diaryl/α,β-unsaturated/α-hetero) is 1. The van der Waals surface area contributed by atoms with Crippen LogP contribution in [0.25, 0.3) is 5.76 Å². The molecule has 0 aromatic heterocycles. The molecule has 0 aliphatic carbocycles. The number of non-ortho nitro benzene ring substituents is 1. The summed E-state index contributed by atoms with van der Waals surface area (Å²) in [5.74, 6) is -1.18. The van der Waals surface area contributed by atoms with E-state index in [-0.39, 0.29) is 23.6 Å². The number of hydrogen-bond acceptors (Lipinski definition) is 8. The van der Waals surface area contributed by atoms with Gasteiger partial charge in [0.1, 0.15) is 11.5 Å². The van der Waals surface area contributed by atoms with E-state index in [0.29, 0.717) is 36.6 Å². The number of carbonyl (C=O) groups is 2. The summed E-state index contributed by atoms with van der Waals surface area (Å²) in [4.78, 5) is 40.5. The molecule has 2 fully saturated rings. The maximum atomic E-state index is 13.2. The van der Waals surface area contributed by atoms with Crippen LogP contribution in [0.3, 0.4) is 0 Å². The van der Waals surface area contributed by atoms with E-state index >= 15 is 0 Å². The monoisotopic (exact) mass is 481 g/mol. The number of carbonyl (C=O) groups excluding carboxylic acids is 2. The number of benzene rings is 2. The minimum atomic E-state index is -0.876. The van der Waals surface area contributed by atoms with Crippen LogP contribution >= 0.6 is 0 Å². The first kappa shape index (κ1) is 24.4. The highest BCUT2D eigenvalue weighted by Crippen LogP contribution is 2.40. The van der Waals surface area contributed by atoms with Gasteiger partial charge in [-0.2, -0.15) is 0 Å². The first-order chi connectivity index (χ1) is 16.8. The molecule has 0 radical (unpaired) electrons. The van der Waals surface area contributed by atoms with Crippen LogP contribution in [0, 0.1) is 17.0 Å². The fraction of sp³-hybridized carbons (Fsp3) is 0.360. The number of amides is 1. The maximum absolute atomic E-state index is 13.2. The number of ketones is 1. The lowest BCUT2D eigenvalue weighted by atomic mass is 9.94. The molecule has 0 saturated carbocycles. The number of aliphatic hydroxyl groups is 1. The number of aryl methyl sites for hydroxylation is 1.